The second kappa shape index (κ2) is 15.8. The molecule has 0 aromatic heterocycles. The Kier molecular flexibility index (Phi) is 10.6. The second-order valence-electron chi connectivity index (χ2n) is 13.7. The van der Waals surface area contributed by atoms with Gasteiger partial charge in [-0.15, -0.1) is 0 Å². The Bertz CT molecular complexity index is 2230. The topological polar surface area (TPSA) is 213 Å². The van der Waals surface area contributed by atoms with Crippen molar-refractivity contribution in [2.75, 3.05) is 0 Å². The predicted octanol–water partition coefficient (Wildman–Crippen LogP) is 7.97. The van der Waals surface area contributed by atoms with Crippen molar-refractivity contribution in [1.29, 1.82) is 0 Å². The van der Waals surface area contributed by atoms with Crippen LogP contribution in [-0.2, 0) is 0 Å². The molecule has 2 heterocycles. The van der Waals surface area contributed by atoms with Crippen molar-refractivity contribution in [3.63, 3.8) is 0 Å². The van der Waals surface area contributed by atoms with Crippen molar-refractivity contribution in [2.24, 2.45) is 0 Å². The molecule has 304 valence electrons. The van der Waals surface area contributed by atoms with Crippen molar-refractivity contribution < 1.29 is 58.0 Å². The number of hydrogen-bond donors (Lipinski definition) is 9. The maximum atomic E-state index is 10.2. The van der Waals surface area contributed by atoms with Gasteiger partial charge < -0.3 is 0 Å². The van der Waals surface area contributed by atoms with Gasteiger partial charge in [0.05, 0.1) is 0 Å². The molecule has 2 fully saturated rings. The van der Waals surface area contributed by atoms with Gasteiger partial charge in [-0.25, -0.2) is 0 Å². The van der Waals surface area contributed by atoms with Crippen molar-refractivity contribution in [3.8, 4) is 69.0 Å². The first kappa shape index (κ1) is 38.9. The van der Waals surface area contributed by atoms with Gasteiger partial charge in [0.1, 0.15) is 0 Å². The molecule has 9 N–H and O–H groups in total. The van der Waals surface area contributed by atoms with E-state index in [2.05, 4.69) is 15.0 Å². The van der Waals surface area contributed by atoms with Crippen LogP contribution in [0.5, 0.6) is 69.0 Å². The van der Waals surface area contributed by atoms with Crippen LogP contribution in [0.2, 0.25) is 0 Å². The van der Waals surface area contributed by atoms with Crippen LogP contribution in [0.25, 0.3) is 0 Å². The Labute approximate surface area is 334 Å². The van der Waals surface area contributed by atoms with E-state index in [1.54, 1.807) is 72.8 Å². The zero-order valence-electron chi connectivity index (χ0n) is 30.7. The third-order valence-electron chi connectivity index (χ3n) is 9.41. The first-order valence-electron chi connectivity index (χ1n) is 18.1. The van der Waals surface area contributed by atoms with Gasteiger partial charge in [0, 0.05) is 0 Å². The van der Waals surface area contributed by atoms with Crippen LogP contribution in [0.3, 0.4) is 0 Å². The van der Waals surface area contributed by atoms with Crippen LogP contribution in [0.4, 0.5) is 0 Å². The number of rotatable bonds is 12. The molecule has 6 aromatic rings. The number of phenolic OH excluding ortho intramolecular Hbond substituents is 6. The summed E-state index contributed by atoms with van der Waals surface area (Å²) < 4.78 is 41.5. The standard InChI is InChI=1S/C40H42N3O12P3/c1-26-41-56(51-34-16-4-28(45)5-17-34)39(40(56)50-33-14-2-27(44)3-15-33)42-58(54-37-22-10-31(48)11-23-37,55-38-24-12-32(49)13-25-38)43-57(26,52-35-18-6-29(46)7-19-35)53-36-20-8-30(47)9-21-36/h2-26,39-49,56-58H,1H3. The number of aromatic hydroxyl groups is 6. The van der Waals surface area contributed by atoms with Gasteiger partial charge in [-0.05, 0) is 0 Å². The minimum absolute atomic E-state index is 0.00672. The average molecular weight is 850 g/mol. The molecule has 0 radical (unpaired) electrons. The summed E-state index contributed by atoms with van der Waals surface area (Å²) in [5.41, 5.74) is 0. The number of benzene rings is 6. The molecule has 2 aliphatic heterocycles. The molecule has 58 heavy (non-hydrogen) atoms. The molecule has 15 nitrogen and oxygen atoms in total. The molecule has 6 aromatic carbocycles. The molecule has 2 aliphatic rings. The van der Waals surface area contributed by atoms with E-state index in [4.69, 9.17) is 27.4 Å². The number of phenols is 6. The van der Waals surface area contributed by atoms with E-state index in [0.717, 1.165) is 0 Å². The van der Waals surface area contributed by atoms with E-state index < -0.39 is 40.9 Å². The van der Waals surface area contributed by atoms with E-state index in [1.165, 1.54) is 72.8 Å². The zero-order valence-corrected chi connectivity index (χ0v) is 33.7. The van der Waals surface area contributed by atoms with Crippen LogP contribution in [-0.4, -0.2) is 48.1 Å². The van der Waals surface area contributed by atoms with Crippen molar-refractivity contribution in [2.45, 2.75) is 24.3 Å². The van der Waals surface area contributed by atoms with Gasteiger partial charge in [0.15, 0.2) is 0 Å². The van der Waals surface area contributed by atoms with Gasteiger partial charge in [-0.3, -0.25) is 0 Å². The van der Waals surface area contributed by atoms with Crippen LogP contribution < -0.4 is 42.4 Å². The summed E-state index contributed by atoms with van der Waals surface area (Å²) in [5, 5.41) is 68.5. The molecule has 0 amide bonds. The summed E-state index contributed by atoms with van der Waals surface area (Å²) in [6.45, 7) is 1.87. The first-order chi connectivity index (χ1) is 27.9. The first-order valence-corrected chi connectivity index (χ1v) is 23.9. The molecular formula is C40H42N3O12P3. The Balaban J connectivity index is 1.34. The summed E-state index contributed by atoms with van der Waals surface area (Å²) >= 11 is 0. The number of hydrogen-bond acceptors (Lipinski definition) is 15. The third-order valence-corrected chi connectivity index (χ3v) is 20.5. The SMILES string of the molecule is CC1N[PH]2(Oc3ccc(O)cc3)C(N[PH](Oc3ccc(O)cc3)(Oc3ccc(O)cc3)N[PH]1(Oc1ccc(O)cc1)Oc1ccc(O)cc1)C2Oc1ccc(O)cc1. The molecule has 3 unspecified atom stereocenters. The molecule has 8 rings (SSSR count). The molecule has 0 aliphatic carbocycles. The molecule has 0 saturated carbocycles. The van der Waals surface area contributed by atoms with E-state index in [0.29, 0.717) is 34.5 Å². The zero-order chi connectivity index (χ0) is 40.5. The van der Waals surface area contributed by atoms with Gasteiger partial charge in [0.25, 0.3) is 0 Å². The number of nitrogens with one attached hydrogen (secondary N) is 3. The van der Waals surface area contributed by atoms with Gasteiger partial charge in [-0.2, -0.15) is 0 Å². The molecular weight excluding hydrogens is 807 g/mol. The molecule has 3 atom stereocenters. The fourth-order valence-corrected chi connectivity index (χ4v) is 19.8. The molecule has 18 heteroatoms. The fraction of sp³-hybridized carbons (Fsp3) is 0.100. The molecule has 0 spiro atoms. The maximum absolute atomic E-state index is 10.2. The Morgan fingerprint density at radius 2 is 0.707 bits per heavy atom. The predicted molar refractivity (Wildman–Crippen MR) is 224 cm³/mol. The Hall–Kier alpha value is -5.91. The van der Waals surface area contributed by atoms with Crippen molar-refractivity contribution in [1.82, 2.24) is 15.0 Å². The molecule has 2 saturated heterocycles. The fourth-order valence-electron chi connectivity index (χ4n) is 6.51. The van der Waals surface area contributed by atoms with Crippen LogP contribution in [0, 0.1) is 0 Å². The van der Waals surface area contributed by atoms with Crippen molar-refractivity contribution in [3.05, 3.63) is 146 Å². The van der Waals surface area contributed by atoms with E-state index in [1.807, 2.05) is 6.92 Å². The van der Waals surface area contributed by atoms with Gasteiger partial charge in [0.2, 0.25) is 0 Å². The summed E-state index contributed by atoms with van der Waals surface area (Å²) in [5.74, 6) is 0.145. The second-order valence-corrected chi connectivity index (χ2v) is 22.5. The molecule has 0 bridgehead atoms. The Morgan fingerprint density at radius 1 is 0.397 bits per heavy atom. The Morgan fingerprint density at radius 3 is 1.07 bits per heavy atom. The van der Waals surface area contributed by atoms with Crippen molar-refractivity contribution >= 4 is 23.5 Å². The number of ether oxygens (including phenoxy) is 1. The monoisotopic (exact) mass is 849 g/mol. The summed E-state index contributed by atoms with van der Waals surface area (Å²) in [6, 6.07) is 37.0. The van der Waals surface area contributed by atoms with E-state index in [-0.39, 0.29) is 34.5 Å². The average Bonchev–Trinajstić information content (AvgIpc) is 3.76. The quantitative estimate of drug-likeness (QED) is 0.0535. The summed E-state index contributed by atoms with van der Waals surface area (Å²) in [4.78, 5) is 3.63. The third kappa shape index (κ3) is 8.51. The normalized spacial score (nSPS) is 21.6. The van der Waals surface area contributed by atoms with E-state index in [9.17, 15) is 30.6 Å². The number of fused-ring (bicyclic) bond motifs is 1. The minimum atomic E-state index is -4.35. The van der Waals surface area contributed by atoms with Crippen LogP contribution in [0.15, 0.2) is 146 Å². The van der Waals surface area contributed by atoms with Gasteiger partial charge in [-0.1, -0.05) is 0 Å². The van der Waals surface area contributed by atoms with Gasteiger partial charge >= 0.3 is 335 Å². The van der Waals surface area contributed by atoms with Crippen LogP contribution >= 0.6 is 23.5 Å². The summed E-state index contributed by atoms with van der Waals surface area (Å²) in [7, 11) is -12.1. The van der Waals surface area contributed by atoms with E-state index >= 15 is 0 Å². The van der Waals surface area contributed by atoms with Crippen LogP contribution in [0.1, 0.15) is 6.92 Å². The summed E-state index contributed by atoms with van der Waals surface area (Å²) in [6.07, 6.45) is 0.